The highest BCUT2D eigenvalue weighted by molar-refractivity contribution is 5.83. The smallest absolute Gasteiger partial charge is 0.306 e. The predicted octanol–water partition coefficient (Wildman–Crippen LogP) is 7.54. The summed E-state index contributed by atoms with van der Waals surface area (Å²) in [6.07, 6.45) is 20.3. The van der Waals surface area contributed by atoms with E-state index in [4.69, 9.17) is 43.0 Å². The molecule has 1 amide bonds. The number of carboxylic acid groups (broad SMARTS) is 2. The number of carbonyl (C=O) groups is 5. The quantitative estimate of drug-likeness (QED) is 0.0503. The van der Waals surface area contributed by atoms with Gasteiger partial charge in [-0.3, -0.25) is 24.0 Å². The number of carbonyl (C=O) groups excluding carboxylic acids is 3. The van der Waals surface area contributed by atoms with Crippen molar-refractivity contribution in [2.24, 2.45) is 5.92 Å². The molecular formula is C48H89NO15. The van der Waals surface area contributed by atoms with Crippen molar-refractivity contribution < 1.29 is 72.1 Å². The van der Waals surface area contributed by atoms with Crippen LogP contribution in [0.15, 0.2) is 0 Å². The normalized spacial score (nSPS) is 11.8. The Kier molecular flexibility index (Phi) is 47.9. The lowest BCUT2D eigenvalue weighted by atomic mass is 9.94. The zero-order valence-electron chi connectivity index (χ0n) is 39.8. The van der Waals surface area contributed by atoms with Crippen LogP contribution < -0.4 is 5.32 Å². The van der Waals surface area contributed by atoms with Crippen LogP contribution in [0.1, 0.15) is 161 Å². The van der Waals surface area contributed by atoms with Gasteiger partial charge in [-0.2, -0.15) is 0 Å². The zero-order chi connectivity index (χ0) is 46.8. The Balaban J connectivity index is 3.45. The molecule has 0 radical (unpaired) electrons. The Morgan fingerprint density at radius 2 is 0.750 bits per heavy atom. The molecule has 1 atom stereocenters. The maximum absolute atomic E-state index is 12.5. The van der Waals surface area contributed by atoms with Gasteiger partial charge >= 0.3 is 11.9 Å². The second-order valence-corrected chi connectivity index (χ2v) is 16.1. The third kappa shape index (κ3) is 48.9. The number of aliphatic carboxylic acids is 2. The van der Waals surface area contributed by atoms with Gasteiger partial charge in [-0.05, 0) is 32.1 Å². The minimum atomic E-state index is -0.934. The van der Waals surface area contributed by atoms with Gasteiger partial charge in [0, 0.05) is 51.7 Å². The fourth-order valence-electron chi connectivity index (χ4n) is 6.60. The SMILES string of the molecule is CCC(=O)CCCOCCOCCOCCOCCOCCOCCOCCOCCC(=O)NCCCCC(CC(=O)CCCCCCCCCCCCCCCCC(=O)O)C(=O)O. The van der Waals surface area contributed by atoms with E-state index in [0.717, 1.165) is 44.9 Å². The highest BCUT2D eigenvalue weighted by Gasteiger charge is 2.20. The van der Waals surface area contributed by atoms with Gasteiger partial charge in [0.1, 0.15) is 11.6 Å². The summed E-state index contributed by atoms with van der Waals surface area (Å²) in [6.45, 7) is 9.60. The van der Waals surface area contributed by atoms with Crippen LogP contribution in [0.4, 0.5) is 0 Å². The van der Waals surface area contributed by atoms with Gasteiger partial charge in [0.15, 0.2) is 0 Å². The summed E-state index contributed by atoms with van der Waals surface area (Å²) in [5.41, 5.74) is 0. The van der Waals surface area contributed by atoms with E-state index in [0.29, 0.717) is 144 Å². The van der Waals surface area contributed by atoms with Gasteiger partial charge < -0.3 is 53.4 Å². The van der Waals surface area contributed by atoms with Crippen LogP contribution in [0.2, 0.25) is 0 Å². The second-order valence-electron chi connectivity index (χ2n) is 16.1. The lowest BCUT2D eigenvalue weighted by molar-refractivity contribution is -0.144. The molecule has 16 heteroatoms. The highest BCUT2D eigenvalue weighted by atomic mass is 16.6. The summed E-state index contributed by atoms with van der Waals surface area (Å²) < 4.78 is 43.7. The molecule has 0 aliphatic heterocycles. The van der Waals surface area contributed by atoms with Crippen molar-refractivity contribution in [3.05, 3.63) is 0 Å². The van der Waals surface area contributed by atoms with Crippen LogP contribution in [0.25, 0.3) is 0 Å². The lowest BCUT2D eigenvalue weighted by Crippen LogP contribution is -2.26. The zero-order valence-corrected chi connectivity index (χ0v) is 39.8. The van der Waals surface area contributed by atoms with Gasteiger partial charge in [-0.25, -0.2) is 0 Å². The van der Waals surface area contributed by atoms with Crippen molar-refractivity contribution in [3.63, 3.8) is 0 Å². The van der Waals surface area contributed by atoms with Crippen LogP contribution in [0.5, 0.6) is 0 Å². The summed E-state index contributed by atoms with van der Waals surface area (Å²) in [5.74, 6) is -2.15. The molecule has 376 valence electrons. The lowest BCUT2D eigenvalue weighted by Gasteiger charge is -2.12. The van der Waals surface area contributed by atoms with E-state index in [1.54, 1.807) is 0 Å². The van der Waals surface area contributed by atoms with E-state index < -0.39 is 17.9 Å². The first kappa shape index (κ1) is 61.4. The van der Waals surface area contributed by atoms with Crippen molar-refractivity contribution in [1.29, 1.82) is 0 Å². The summed E-state index contributed by atoms with van der Waals surface area (Å²) in [6, 6.07) is 0. The maximum atomic E-state index is 12.5. The molecule has 0 spiro atoms. The minimum Gasteiger partial charge on any atom is -0.481 e. The van der Waals surface area contributed by atoms with E-state index in [1.165, 1.54) is 51.4 Å². The molecule has 0 aliphatic carbocycles. The maximum Gasteiger partial charge on any atom is 0.306 e. The monoisotopic (exact) mass is 920 g/mol. The molecule has 0 aromatic carbocycles. The third-order valence-corrected chi connectivity index (χ3v) is 10.4. The first-order chi connectivity index (χ1) is 31.3. The first-order valence-electron chi connectivity index (χ1n) is 24.6. The average molecular weight is 920 g/mol. The standard InChI is InChI=1S/C48H89NO15/c1-2-44(50)22-19-26-57-28-30-59-32-34-61-36-38-63-40-41-64-39-37-62-35-33-60-31-29-58-27-24-46(52)49-25-18-17-20-43(48(55)56)42-45(51)21-15-13-11-9-7-5-3-4-6-8-10-12-14-16-23-47(53)54/h43H,2-42H2,1H3,(H,49,52)(H,53,54)(H,55,56). The molecule has 0 bridgehead atoms. The largest absolute Gasteiger partial charge is 0.481 e. The number of hydrogen-bond donors (Lipinski definition) is 3. The number of rotatable bonds is 54. The topological polar surface area (TPSA) is 212 Å². The number of amides is 1. The van der Waals surface area contributed by atoms with Crippen molar-refractivity contribution in [2.75, 3.05) is 112 Å². The molecule has 0 fully saturated rings. The predicted molar refractivity (Wildman–Crippen MR) is 245 cm³/mol. The summed E-state index contributed by atoms with van der Waals surface area (Å²) >= 11 is 0. The molecule has 3 N–H and O–H groups in total. The van der Waals surface area contributed by atoms with Gasteiger partial charge in [-0.1, -0.05) is 90.4 Å². The summed E-state index contributed by atoms with van der Waals surface area (Å²) in [4.78, 5) is 58.1. The van der Waals surface area contributed by atoms with Gasteiger partial charge in [0.2, 0.25) is 5.91 Å². The molecule has 0 saturated heterocycles. The number of Topliss-reactive ketones (excluding diaryl/α,β-unsaturated/α-hetero) is 2. The van der Waals surface area contributed by atoms with Gasteiger partial charge in [0.25, 0.3) is 0 Å². The Hall–Kier alpha value is -2.57. The van der Waals surface area contributed by atoms with E-state index >= 15 is 0 Å². The molecule has 16 nitrogen and oxygen atoms in total. The fourth-order valence-corrected chi connectivity index (χ4v) is 6.60. The molecular weight excluding hydrogens is 831 g/mol. The number of nitrogens with one attached hydrogen (secondary N) is 1. The van der Waals surface area contributed by atoms with Crippen LogP contribution in [0.3, 0.4) is 0 Å². The average Bonchev–Trinajstić information content (AvgIpc) is 3.27. The number of carboxylic acids is 2. The fraction of sp³-hybridized carbons (Fsp3) is 0.896. The summed E-state index contributed by atoms with van der Waals surface area (Å²) in [7, 11) is 0. The third-order valence-electron chi connectivity index (χ3n) is 10.4. The molecule has 1 unspecified atom stereocenters. The highest BCUT2D eigenvalue weighted by Crippen LogP contribution is 2.17. The van der Waals surface area contributed by atoms with E-state index in [-0.39, 0.29) is 43.3 Å². The van der Waals surface area contributed by atoms with Gasteiger partial charge in [-0.15, -0.1) is 0 Å². The molecule has 0 saturated carbocycles. The van der Waals surface area contributed by atoms with Crippen molar-refractivity contribution in [3.8, 4) is 0 Å². The molecule has 0 aromatic heterocycles. The van der Waals surface area contributed by atoms with Crippen LogP contribution in [-0.4, -0.2) is 152 Å². The Labute approximate surface area is 385 Å². The number of hydrogen-bond acceptors (Lipinski definition) is 13. The summed E-state index contributed by atoms with van der Waals surface area (Å²) in [5, 5.41) is 21.1. The Morgan fingerprint density at radius 1 is 0.391 bits per heavy atom. The van der Waals surface area contributed by atoms with Gasteiger partial charge in [0.05, 0.1) is 105 Å². The van der Waals surface area contributed by atoms with Crippen molar-refractivity contribution >= 4 is 29.4 Å². The second kappa shape index (κ2) is 49.9. The Morgan fingerprint density at radius 3 is 1.14 bits per heavy atom. The Bertz CT molecular complexity index is 1100. The minimum absolute atomic E-state index is 0.0207. The van der Waals surface area contributed by atoms with Crippen LogP contribution >= 0.6 is 0 Å². The molecule has 0 rings (SSSR count). The number of unbranched alkanes of at least 4 members (excludes halogenated alkanes) is 14. The van der Waals surface area contributed by atoms with Crippen LogP contribution in [-0.2, 0) is 61.9 Å². The van der Waals surface area contributed by atoms with Crippen LogP contribution in [0, 0.1) is 5.92 Å². The number of ketones is 2. The van der Waals surface area contributed by atoms with E-state index in [1.807, 2.05) is 6.92 Å². The van der Waals surface area contributed by atoms with E-state index in [2.05, 4.69) is 5.32 Å². The molecule has 64 heavy (non-hydrogen) atoms. The molecule has 0 aromatic rings. The van der Waals surface area contributed by atoms with E-state index in [9.17, 15) is 29.1 Å². The van der Waals surface area contributed by atoms with Crippen molar-refractivity contribution in [2.45, 2.75) is 161 Å². The first-order valence-corrected chi connectivity index (χ1v) is 24.6. The molecule has 0 heterocycles. The van der Waals surface area contributed by atoms with Crippen molar-refractivity contribution in [1.82, 2.24) is 5.32 Å². The number of ether oxygens (including phenoxy) is 8. The molecule has 0 aliphatic rings.